The van der Waals surface area contributed by atoms with Crippen LogP contribution in [-0.2, 0) is 28.9 Å². The van der Waals surface area contributed by atoms with Gasteiger partial charge in [-0.05, 0) is 27.7 Å². The number of anilines is 1. The van der Waals surface area contributed by atoms with Crippen molar-refractivity contribution in [2.24, 2.45) is 0 Å². The lowest BCUT2D eigenvalue weighted by Crippen LogP contribution is -2.65. The number of nitrogens with zero attached hydrogens (tertiary/aromatic N) is 6. The van der Waals surface area contributed by atoms with Crippen molar-refractivity contribution >= 4 is 45.9 Å². The summed E-state index contributed by atoms with van der Waals surface area (Å²) in [6, 6.07) is 6.07. The summed E-state index contributed by atoms with van der Waals surface area (Å²) >= 11 is 0. The van der Waals surface area contributed by atoms with Crippen LogP contribution in [0.5, 0.6) is 0 Å². The van der Waals surface area contributed by atoms with Crippen molar-refractivity contribution in [3.8, 4) is 0 Å². The first-order valence-corrected chi connectivity index (χ1v) is 20.7. The number of hydrogen-bond acceptors (Lipinski definition) is 12. The second-order valence-corrected chi connectivity index (χ2v) is 22.8. The molecule has 2 aliphatic heterocycles. The monoisotopic (exact) mass is 716 g/mol. The highest BCUT2D eigenvalue weighted by Gasteiger charge is 2.61. The van der Waals surface area contributed by atoms with Gasteiger partial charge in [0, 0.05) is 25.6 Å². The molecule has 0 unspecified atom stereocenters. The van der Waals surface area contributed by atoms with Crippen LogP contribution in [-0.4, -0.2) is 91.3 Å². The molecule has 2 saturated heterocycles. The summed E-state index contributed by atoms with van der Waals surface area (Å²) in [6.07, 6.45) is -0.728. The number of aromatic nitrogens is 4. The zero-order chi connectivity index (χ0) is 35.8. The lowest BCUT2D eigenvalue weighted by atomic mass is 10.1. The molecule has 0 aliphatic carbocycles. The third-order valence-corrected chi connectivity index (χ3v) is 19.9. The number of nitro groups is 1. The number of fused-ring (bicyclic) bond motifs is 2. The predicted octanol–water partition coefficient (Wildman–Crippen LogP) is 5.76. The number of aliphatic hydroxyl groups excluding tert-OH is 1. The SMILES string of the molecule is CC(C)[Si]1(C(C)C)OC[C@H]2O[C@@H](n3cnc4c(N(C)C(=O)OCCc5ccc([N+](=O)[O-])cc5)ncnc43)[C@H](O)[C@@H]2O[Si](C(C)C)(C(C)C)O1. The molecule has 5 rings (SSSR count). The Kier molecular flexibility index (Phi) is 10.9. The molecule has 1 aromatic carbocycles. The summed E-state index contributed by atoms with van der Waals surface area (Å²) in [5.41, 5.74) is 1.95. The van der Waals surface area contributed by atoms with Crippen molar-refractivity contribution in [3.05, 3.63) is 52.6 Å². The highest BCUT2D eigenvalue weighted by Crippen LogP contribution is 2.48. The quantitative estimate of drug-likeness (QED) is 0.153. The zero-order valence-corrected chi connectivity index (χ0v) is 31.6. The van der Waals surface area contributed by atoms with Crippen molar-refractivity contribution in [1.29, 1.82) is 0 Å². The molecule has 0 spiro atoms. The van der Waals surface area contributed by atoms with Gasteiger partial charge in [-0.15, -0.1) is 0 Å². The molecule has 0 bridgehead atoms. The first kappa shape index (κ1) is 36.9. The third kappa shape index (κ3) is 6.89. The molecule has 2 aromatic heterocycles. The Morgan fingerprint density at radius 2 is 1.67 bits per heavy atom. The molecule has 4 atom stereocenters. The van der Waals surface area contributed by atoms with Gasteiger partial charge in [-0.1, -0.05) is 67.5 Å². The first-order valence-electron chi connectivity index (χ1n) is 16.8. The number of benzene rings is 1. The van der Waals surface area contributed by atoms with Crippen LogP contribution in [0.1, 0.15) is 67.2 Å². The van der Waals surface area contributed by atoms with Gasteiger partial charge in [0.1, 0.15) is 24.6 Å². The lowest BCUT2D eigenvalue weighted by molar-refractivity contribution is -0.384. The molecule has 1 N–H and O–H groups in total. The van der Waals surface area contributed by atoms with Crippen LogP contribution in [0.15, 0.2) is 36.9 Å². The number of carbonyl (C=O) groups excluding carboxylic acids is 1. The molecule has 2 aliphatic rings. The number of hydrogen-bond donors (Lipinski definition) is 1. The third-order valence-electron chi connectivity index (χ3n) is 9.61. The van der Waals surface area contributed by atoms with E-state index in [1.807, 2.05) is 0 Å². The number of imidazole rings is 1. The smallest absolute Gasteiger partial charge is 0.415 e. The fraction of sp³-hybridized carbons (Fsp3) is 0.625. The molecule has 1 amide bonds. The molecule has 0 radical (unpaired) electrons. The summed E-state index contributed by atoms with van der Waals surface area (Å²) in [5, 5.41) is 22.7. The Bertz CT molecular complexity index is 1620. The van der Waals surface area contributed by atoms with E-state index < -0.39 is 52.7 Å². The fourth-order valence-corrected chi connectivity index (χ4v) is 18.1. The van der Waals surface area contributed by atoms with E-state index in [1.54, 1.807) is 16.7 Å². The molecule has 17 heteroatoms. The molecule has 49 heavy (non-hydrogen) atoms. The average Bonchev–Trinajstić information content (AvgIpc) is 3.60. The Morgan fingerprint density at radius 3 is 2.27 bits per heavy atom. The van der Waals surface area contributed by atoms with E-state index in [1.165, 1.54) is 36.7 Å². The number of ether oxygens (including phenoxy) is 2. The maximum absolute atomic E-state index is 13.0. The molecular weight excluding hydrogens is 669 g/mol. The van der Waals surface area contributed by atoms with E-state index in [4.69, 9.17) is 22.4 Å². The number of nitro benzene ring substituents is 1. The van der Waals surface area contributed by atoms with Gasteiger partial charge in [-0.25, -0.2) is 19.7 Å². The summed E-state index contributed by atoms with van der Waals surface area (Å²) in [4.78, 5) is 38.0. The van der Waals surface area contributed by atoms with E-state index in [9.17, 15) is 20.0 Å². The largest absolute Gasteiger partial charge is 0.449 e. The molecule has 3 aromatic rings. The number of rotatable bonds is 10. The second-order valence-electron chi connectivity index (χ2n) is 14.0. The minimum atomic E-state index is -2.99. The van der Waals surface area contributed by atoms with Crippen LogP contribution in [0.25, 0.3) is 11.2 Å². The van der Waals surface area contributed by atoms with Gasteiger partial charge in [0.15, 0.2) is 23.2 Å². The van der Waals surface area contributed by atoms with E-state index in [-0.39, 0.29) is 46.9 Å². The van der Waals surface area contributed by atoms with Crippen LogP contribution < -0.4 is 4.90 Å². The Morgan fingerprint density at radius 1 is 1.04 bits per heavy atom. The highest BCUT2D eigenvalue weighted by molar-refractivity contribution is 6.84. The standard InChI is InChI=1S/C32H48N6O9Si2/c1-19(2)48(20(3)4)44-16-25-28(46-49(47-48,21(5)6)22(7)8)27(39)31(45-25)37-18-35-26-29(33-17-34-30(26)37)36(9)32(40)43-15-14-23-10-12-24(13-11-23)38(41)42/h10-13,17-22,25,27-28,31,39H,14-16H2,1-9H3/t25-,27-,28-,31-/m1/s1. The van der Waals surface area contributed by atoms with Crippen LogP contribution >= 0.6 is 0 Å². The number of amides is 1. The van der Waals surface area contributed by atoms with Crippen molar-refractivity contribution in [2.45, 2.75) is 109 Å². The summed E-state index contributed by atoms with van der Waals surface area (Å²) in [6.45, 7) is 17.4. The van der Waals surface area contributed by atoms with Gasteiger partial charge in [0.2, 0.25) is 0 Å². The fourth-order valence-electron chi connectivity index (χ4n) is 6.86. The summed E-state index contributed by atoms with van der Waals surface area (Å²) in [5.74, 6) is 0.214. The number of non-ortho nitro benzene ring substituents is 1. The maximum atomic E-state index is 13.0. The van der Waals surface area contributed by atoms with Crippen LogP contribution in [0.4, 0.5) is 16.3 Å². The normalized spacial score (nSPS) is 23.6. The number of aliphatic hydroxyl groups is 1. The summed E-state index contributed by atoms with van der Waals surface area (Å²) in [7, 11) is -4.27. The minimum absolute atomic E-state index is 0.00937. The van der Waals surface area contributed by atoms with Crippen molar-refractivity contribution in [1.82, 2.24) is 19.5 Å². The topological polar surface area (TPSA) is 173 Å². The van der Waals surface area contributed by atoms with Crippen molar-refractivity contribution in [3.63, 3.8) is 0 Å². The van der Waals surface area contributed by atoms with Gasteiger partial charge in [0.05, 0.1) is 24.5 Å². The summed E-state index contributed by atoms with van der Waals surface area (Å²) < 4.78 is 34.8. The van der Waals surface area contributed by atoms with Crippen LogP contribution in [0, 0.1) is 10.1 Å². The van der Waals surface area contributed by atoms with Gasteiger partial charge in [-0.2, -0.15) is 0 Å². The molecule has 268 valence electrons. The van der Waals surface area contributed by atoms with Crippen LogP contribution in [0.2, 0.25) is 22.2 Å². The molecule has 2 fully saturated rings. The second kappa shape index (κ2) is 14.5. The minimum Gasteiger partial charge on any atom is -0.449 e. The van der Waals surface area contributed by atoms with Gasteiger partial charge in [-0.3, -0.25) is 19.6 Å². The van der Waals surface area contributed by atoms with Gasteiger partial charge in [0.25, 0.3) is 5.69 Å². The molecular formula is C32H48N6O9Si2. The van der Waals surface area contributed by atoms with Crippen LogP contribution in [0.3, 0.4) is 0 Å². The highest BCUT2D eigenvalue weighted by atomic mass is 28.5. The zero-order valence-electron chi connectivity index (χ0n) is 29.6. The van der Waals surface area contributed by atoms with E-state index in [0.717, 1.165) is 5.56 Å². The van der Waals surface area contributed by atoms with Gasteiger partial charge < -0.3 is 27.5 Å². The lowest BCUT2D eigenvalue weighted by Gasteiger charge is -2.51. The van der Waals surface area contributed by atoms with E-state index in [2.05, 4.69) is 70.3 Å². The van der Waals surface area contributed by atoms with Crippen molar-refractivity contribution < 1.29 is 37.3 Å². The Hall–Kier alpha value is -3.33. The maximum Gasteiger partial charge on any atom is 0.415 e. The molecule has 4 heterocycles. The number of carbonyl (C=O) groups is 1. The van der Waals surface area contributed by atoms with E-state index in [0.29, 0.717) is 17.6 Å². The first-order chi connectivity index (χ1) is 23.1. The van der Waals surface area contributed by atoms with Gasteiger partial charge >= 0.3 is 23.2 Å². The predicted molar refractivity (Wildman–Crippen MR) is 186 cm³/mol. The molecule has 0 saturated carbocycles. The average molecular weight is 717 g/mol. The van der Waals surface area contributed by atoms with E-state index >= 15 is 0 Å². The van der Waals surface area contributed by atoms with Crippen molar-refractivity contribution in [2.75, 3.05) is 25.2 Å². The Labute approximate surface area is 288 Å². The molecule has 15 nitrogen and oxygen atoms in total. The Balaban J connectivity index is 1.37.